The van der Waals surface area contributed by atoms with Gasteiger partial charge in [0, 0.05) is 18.4 Å². The zero-order chi connectivity index (χ0) is 15.2. The monoisotopic (exact) mass is 283 g/mol. The lowest BCUT2D eigenvalue weighted by atomic mass is 10.0. The highest BCUT2D eigenvalue weighted by atomic mass is 16.1. The molecule has 21 heavy (non-hydrogen) atoms. The normalized spacial score (nSPS) is 10.5. The summed E-state index contributed by atoms with van der Waals surface area (Å²) in [5, 5.41) is 6.01. The maximum Gasteiger partial charge on any atom is 0.257 e. The predicted molar refractivity (Wildman–Crippen MR) is 86.9 cm³/mol. The number of aromatic nitrogens is 1. The first-order valence-corrected chi connectivity index (χ1v) is 7.21. The van der Waals surface area contributed by atoms with Crippen LogP contribution >= 0.6 is 0 Å². The van der Waals surface area contributed by atoms with E-state index in [4.69, 9.17) is 0 Å². The Morgan fingerprint density at radius 3 is 2.67 bits per heavy atom. The van der Waals surface area contributed by atoms with Crippen molar-refractivity contribution in [2.24, 2.45) is 0 Å². The molecule has 2 rings (SSSR count). The minimum absolute atomic E-state index is 0.147. The number of pyridine rings is 1. The Kier molecular flexibility index (Phi) is 4.93. The molecule has 0 radical (unpaired) electrons. The van der Waals surface area contributed by atoms with E-state index >= 15 is 0 Å². The topological polar surface area (TPSA) is 54.0 Å². The summed E-state index contributed by atoms with van der Waals surface area (Å²) in [5.74, 6) is 1.06. The van der Waals surface area contributed by atoms with Gasteiger partial charge in [0.05, 0.1) is 5.56 Å². The molecule has 1 aromatic heterocycles. The zero-order valence-corrected chi connectivity index (χ0v) is 12.7. The SMILES string of the molecule is CCNc1ccc(C(=O)Nc2cccc(C(C)C)c2)cn1. The Morgan fingerprint density at radius 1 is 1.24 bits per heavy atom. The van der Waals surface area contributed by atoms with Crippen LogP contribution in [0.1, 0.15) is 42.6 Å². The van der Waals surface area contributed by atoms with E-state index in [1.807, 2.05) is 31.2 Å². The van der Waals surface area contributed by atoms with Crippen molar-refractivity contribution in [2.75, 3.05) is 17.2 Å². The number of nitrogens with one attached hydrogen (secondary N) is 2. The van der Waals surface area contributed by atoms with E-state index in [0.717, 1.165) is 18.1 Å². The fourth-order valence-corrected chi connectivity index (χ4v) is 1.99. The molecule has 1 amide bonds. The van der Waals surface area contributed by atoms with Crippen molar-refractivity contribution in [2.45, 2.75) is 26.7 Å². The second kappa shape index (κ2) is 6.88. The van der Waals surface area contributed by atoms with Gasteiger partial charge in [-0.2, -0.15) is 0 Å². The molecule has 2 aromatic rings. The van der Waals surface area contributed by atoms with Crippen molar-refractivity contribution in [3.05, 3.63) is 53.7 Å². The third-order valence-corrected chi connectivity index (χ3v) is 3.19. The average molecular weight is 283 g/mol. The fraction of sp³-hybridized carbons (Fsp3) is 0.294. The molecular weight excluding hydrogens is 262 g/mol. The smallest absolute Gasteiger partial charge is 0.257 e. The Balaban J connectivity index is 2.08. The highest BCUT2D eigenvalue weighted by Crippen LogP contribution is 2.19. The van der Waals surface area contributed by atoms with Gasteiger partial charge in [-0.05, 0) is 42.7 Å². The summed E-state index contributed by atoms with van der Waals surface area (Å²) >= 11 is 0. The summed E-state index contributed by atoms with van der Waals surface area (Å²) < 4.78 is 0. The maximum atomic E-state index is 12.2. The van der Waals surface area contributed by atoms with Crippen LogP contribution in [0.25, 0.3) is 0 Å². The van der Waals surface area contributed by atoms with Crippen LogP contribution in [0.5, 0.6) is 0 Å². The second-order valence-corrected chi connectivity index (χ2v) is 5.20. The molecule has 0 bridgehead atoms. The van der Waals surface area contributed by atoms with Crippen molar-refractivity contribution in [3.8, 4) is 0 Å². The molecule has 0 spiro atoms. The average Bonchev–Trinajstić information content (AvgIpc) is 2.48. The molecule has 4 heteroatoms. The highest BCUT2D eigenvalue weighted by Gasteiger charge is 2.08. The van der Waals surface area contributed by atoms with Crippen LogP contribution in [-0.4, -0.2) is 17.4 Å². The molecule has 1 heterocycles. The van der Waals surface area contributed by atoms with Gasteiger partial charge < -0.3 is 10.6 Å². The van der Waals surface area contributed by atoms with Crippen LogP contribution in [0.2, 0.25) is 0 Å². The Morgan fingerprint density at radius 2 is 2.05 bits per heavy atom. The minimum Gasteiger partial charge on any atom is -0.370 e. The summed E-state index contributed by atoms with van der Waals surface area (Å²) in [6.07, 6.45) is 1.58. The lowest BCUT2D eigenvalue weighted by molar-refractivity contribution is 0.102. The molecule has 0 aliphatic rings. The van der Waals surface area contributed by atoms with Crippen molar-refractivity contribution < 1.29 is 4.79 Å². The molecule has 0 atom stereocenters. The summed E-state index contributed by atoms with van der Waals surface area (Å²) in [4.78, 5) is 16.4. The van der Waals surface area contributed by atoms with Gasteiger partial charge >= 0.3 is 0 Å². The van der Waals surface area contributed by atoms with Crippen molar-refractivity contribution >= 4 is 17.4 Å². The van der Waals surface area contributed by atoms with Crippen molar-refractivity contribution in [1.29, 1.82) is 0 Å². The number of nitrogens with zero attached hydrogens (tertiary/aromatic N) is 1. The zero-order valence-electron chi connectivity index (χ0n) is 12.7. The van der Waals surface area contributed by atoms with E-state index in [-0.39, 0.29) is 5.91 Å². The van der Waals surface area contributed by atoms with E-state index in [1.165, 1.54) is 5.56 Å². The minimum atomic E-state index is -0.147. The molecule has 0 saturated heterocycles. The molecule has 2 N–H and O–H groups in total. The van der Waals surface area contributed by atoms with Crippen LogP contribution in [-0.2, 0) is 0 Å². The number of carbonyl (C=O) groups excluding carboxylic acids is 1. The van der Waals surface area contributed by atoms with Gasteiger partial charge in [0.25, 0.3) is 5.91 Å². The quantitative estimate of drug-likeness (QED) is 0.875. The lowest BCUT2D eigenvalue weighted by Gasteiger charge is -2.10. The number of hydrogen-bond donors (Lipinski definition) is 2. The molecule has 0 aliphatic heterocycles. The van der Waals surface area contributed by atoms with E-state index in [9.17, 15) is 4.79 Å². The third-order valence-electron chi connectivity index (χ3n) is 3.19. The number of benzene rings is 1. The van der Waals surface area contributed by atoms with Gasteiger partial charge in [-0.15, -0.1) is 0 Å². The van der Waals surface area contributed by atoms with Crippen molar-refractivity contribution in [3.63, 3.8) is 0 Å². The Labute approximate surface area is 125 Å². The van der Waals surface area contributed by atoms with Crippen LogP contribution in [0.3, 0.4) is 0 Å². The fourth-order valence-electron chi connectivity index (χ4n) is 1.99. The van der Waals surface area contributed by atoms with Crippen LogP contribution in [0.15, 0.2) is 42.6 Å². The Hall–Kier alpha value is -2.36. The standard InChI is InChI=1S/C17H21N3O/c1-4-18-16-9-8-14(11-19-16)17(21)20-15-7-5-6-13(10-15)12(2)3/h5-12H,4H2,1-3H3,(H,18,19)(H,20,21). The molecule has 0 aliphatic carbocycles. The third kappa shape index (κ3) is 4.05. The number of hydrogen-bond acceptors (Lipinski definition) is 3. The largest absolute Gasteiger partial charge is 0.370 e. The van der Waals surface area contributed by atoms with Gasteiger partial charge in [-0.25, -0.2) is 4.98 Å². The molecular formula is C17H21N3O. The second-order valence-electron chi connectivity index (χ2n) is 5.20. The summed E-state index contributed by atoms with van der Waals surface area (Å²) in [6, 6.07) is 11.5. The molecule has 0 unspecified atom stereocenters. The molecule has 0 saturated carbocycles. The maximum absolute atomic E-state index is 12.2. The predicted octanol–water partition coefficient (Wildman–Crippen LogP) is 3.89. The number of anilines is 2. The summed E-state index contributed by atoms with van der Waals surface area (Å²) in [6.45, 7) is 7.07. The Bertz CT molecular complexity index is 606. The van der Waals surface area contributed by atoms with Gasteiger partial charge in [0.15, 0.2) is 0 Å². The molecule has 0 fully saturated rings. The lowest BCUT2D eigenvalue weighted by Crippen LogP contribution is -2.12. The number of rotatable bonds is 5. The molecule has 110 valence electrons. The van der Waals surface area contributed by atoms with E-state index in [1.54, 1.807) is 12.3 Å². The molecule has 4 nitrogen and oxygen atoms in total. The van der Waals surface area contributed by atoms with Gasteiger partial charge in [-0.3, -0.25) is 4.79 Å². The number of amides is 1. The van der Waals surface area contributed by atoms with Gasteiger partial charge in [0.2, 0.25) is 0 Å². The first kappa shape index (κ1) is 15.0. The van der Waals surface area contributed by atoms with Crippen LogP contribution in [0.4, 0.5) is 11.5 Å². The molecule has 1 aromatic carbocycles. The van der Waals surface area contributed by atoms with Crippen LogP contribution in [0, 0.1) is 0 Å². The van der Waals surface area contributed by atoms with Gasteiger partial charge in [-0.1, -0.05) is 26.0 Å². The summed E-state index contributed by atoms with van der Waals surface area (Å²) in [5.41, 5.74) is 2.56. The first-order chi connectivity index (χ1) is 10.1. The number of carbonyl (C=O) groups is 1. The van der Waals surface area contributed by atoms with E-state index in [0.29, 0.717) is 11.5 Å². The summed E-state index contributed by atoms with van der Waals surface area (Å²) in [7, 11) is 0. The van der Waals surface area contributed by atoms with E-state index in [2.05, 4.69) is 35.5 Å². The highest BCUT2D eigenvalue weighted by molar-refractivity contribution is 6.04. The van der Waals surface area contributed by atoms with Crippen molar-refractivity contribution in [1.82, 2.24) is 4.98 Å². The van der Waals surface area contributed by atoms with Gasteiger partial charge in [0.1, 0.15) is 5.82 Å². The van der Waals surface area contributed by atoms with E-state index < -0.39 is 0 Å². The first-order valence-electron chi connectivity index (χ1n) is 7.21. The van der Waals surface area contributed by atoms with Crippen LogP contribution < -0.4 is 10.6 Å².